The first-order valence-electron chi connectivity index (χ1n) is 20.0. The molecule has 0 unspecified atom stereocenters. The number of nitrogens with two attached hydrogens (primary N) is 1. The molecule has 3 aromatic carbocycles. The highest BCUT2D eigenvalue weighted by molar-refractivity contribution is 6.02. The predicted molar refractivity (Wildman–Crippen MR) is 223 cm³/mol. The lowest BCUT2D eigenvalue weighted by Gasteiger charge is -2.36. The molecule has 1 fully saturated rings. The number of benzene rings is 3. The van der Waals surface area contributed by atoms with Gasteiger partial charge in [0.2, 0.25) is 17.6 Å². The number of aromatic nitrogens is 6. The molecule has 1 aliphatic carbocycles. The van der Waals surface area contributed by atoms with Crippen molar-refractivity contribution in [2.75, 3.05) is 18.0 Å². The number of carbonyl (C=O) groups is 4. The van der Waals surface area contributed by atoms with E-state index in [1.54, 1.807) is 35.5 Å². The van der Waals surface area contributed by atoms with Crippen LogP contribution in [-0.2, 0) is 32.0 Å². The van der Waals surface area contributed by atoms with E-state index in [0.717, 1.165) is 40.6 Å². The maximum atomic E-state index is 14.5. The summed E-state index contributed by atoms with van der Waals surface area (Å²) >= 11 is 0. The van der Waals surface area contributed by atoms with Crippen LogP contribution in [0.15, 0.2) is 73.1 Å². The van der Waals surface area contributed by atoms with E-state index >= 15 is 0 Å². The molecule has 6 rings (SSSR count). The van der Waals surface area contributed by atoms with Gasteiger partial charge in [-0.3, -0.25) is 14.5 Å². The Labute approximate surface area is 343 Å². The molecule has 0 radical (unpaired) electrons. The van der Waals surface area contributed by atoms with Gasteiger partial charge in [0.05, 0.1) is 17.4 Å². The summed E-state index contributed by atoms with van der Waals surface area (Å²) < 4.78 is 12.7. The third-order valence-electron chi connectivity index (χ3n) is 10.1. The summed E-state index contributed by atoms with van der Waals surface area (Å²) in [5.74, 6) is -0.538. The number of rotatable bonds is 13. The van der Waals surface area contributed by atoms with Gasteiger partial charge in [-0.15, -0.1) is 10.2 Å². The number of nitrogens with zero attached hydrogens (tertiary/aromatic N) is 6. The Morgan fingerprint density at radius 3 is 2.08 bits per heavy atom. The molecule has 0 saturated heterocycles. The van der Waals surface area contributed by atoms with Crippen LogP contribution in [0.5, 0.6) is 0 Å². The minimum absolute atomic E-state index is 0.176. The van der Waals surface area contributed by atoms with Gasteiger partial charge in [0.15, 0.2) is 0 Å². The lowest BCUT2D eigenvalue weighted by molar-refractivity contribution is -0.127. The maximum absolute atomic E-state index is 14.5. The smallest absolute Gasteiger partial charge is 0.407 e. The predicted octanol–water partition coefficient (Wildman–Crippen LogP) is 6.17. The molecular weight excluding hydrogens is 753 g/mol. The third-order valence-corrected chi connectivity index (χ3v) is 10.1. The number of H-pyrrole nitrogens is 1. The number of carbonyl (C=O) groups excluding carboxylic acids is 4. The van der Waals surface area contributed by atoms with Crippen molar-refractivity contribution < 1.29 is 28.7 Å². The Bertz CT molecular complexity index is 2220. The van der Waals surface area contributed by atoms with Crippen LogP contribution in [-0.4, -0.2) is 84.5 Å². The number of amides is 4. The third kappa shape index (κ3) is 11.4. The van der Waals surface area contributed by atoms with Crippen LogP contribution in [0.1, 0.15) is 72.8 Å². The highest BCUT2D eigenvalue weighted by Gasteiger charge is 2.36. The van der Waals surface area contributed by atoms with Gasteiger partial charge in [0.25, 0.3) is 0 Å². The summed E-state index contributed by atoms with van der Waals surface area (Å²) in [7, 11) is 0. The summed E-state index contributed by atoms with van der Waals surface area (Å²) in [6.45, 7) is 12.3. The number of alkyl carbamates (subject to hydrolysis) is 2. The van der Waals surface area contributed by atoms with Gasteiger partial charge in [-0.2, -0.15) is 5.21 Å². The molecule has 2 heterocycles. The molecule has 16 nitrogen and oxygen atoms in total. The first-order valence-corrected chi connectivity index (χ1v) is 20.0. The van der Waals surface area contributed by atoms with Crippen LogP contribution in [0.25, 0.3) is 33.5 Å². The van der Waals surface area contributed by atoms with Gasteiger partial charge >= 0.3 is 12.2 Å². The number of fused-ring (bicyclic) bond motifs is 1. The summed E-state index contributed by atoms with van der Waals surface area (Å²) in [4.78, 5) is 58.3. The highest BCUT2D eigenvalue weighted by Crippen LogP contribution is 2.34. The summed E-state index contributed by atoms with van der Waals surface area (Å²) in [6, 6.07) is 20.0. The lowest BCUT2D eigenvalue weighted by Crippen LogP contribution is -2.52. The number of hydrogen-bond donors (Lipinski definition) is 4. The average Bonchev–Trinajstić information content (AvgIpc) is 3.87. The Morgan fingerprint density at radius 1 is 0.847 bits per heavy atom. The molecule has 312 valence electrons. The first kappa shape index (κ1) is 42.3. The minimum atomic E-state index is -0.971. The largest absolute Gasteiger partial charge is 0.444 e. The molecular formula is C43H54N10O6. The highest BCUT2D eigenvalue weighted by atomic mass is 16.6. The van der Waals surface area contributed by atoms with Gasteiger partial charge < -0.3 is 30.4 Å². The van der Waals surface area contributed by atoms with Crippen molar-refractivity contribution >= 4 is 40.7 Å². The standard InChI is InChI=1S/C43H54N10O6/c1-42(2,3)58-40(56)45-21-22-52-26-47-34-24-32(17-20-35(34)52)29-11-7-27(8-12-29)23-36(37(44)54)53(33-18-15-30(16-19-33)38-48-50-51-49-38)39(55)31-13-9-28(10-14-31)25-46-41(57)59-43(4,5)6/h7-8,11-12,15-20,24,26,28,31,36H,9-10,13-14,21-23,25H2,1-6H3,(H2,44,54)(H,45,56)(H,46,57)(H,48,49,50,51)/t28-,31-,36-/m0/s1. The van der Waals surface area contributed by atoms with Gasteiger partial charge in [-0.1, -0.05) is 30.3 Å². The molecule has 5 aromatic rings. The number of aromatic amines is 1. The topological polar surface area (TPSA) is 212 Å². The van der Waals surface area contributed by atoms with E-state index in [1.165, 1.54) is 0 Å². The van der Waals surface area contributed by atoms with E-state index in [2.05, 4.69) is 36.2 Å². The number of imidazole rings is 1. The van der Waals surface area contributed by atoms with Crippen LogP contribution < -0.4 is 21.3 Å². The fraction of sp³-hybridized carbons (Fsp3) is 0.442. The fourth-order valence-corrected chi connectivity index (χ4v) is 7.26. The van der Waals surface area contributed by atoms with Crippen molar-refractivity contribution in [2.24, 2.45) is 17.6 Å². The van der Waals surface area contributed by atoms with Crippen LogP contribution in [0, 0.1) is 11.8 Å². The van der Waals surface area contributed by atoms with Crippen molar-refractivity contribution in [2.45, 2.75) is 97.4 Å². The quantitative estimate of drug-likeness (QED) is 0.106. The number of hydrogen-bond acceptors (Lipinski definition) is 10. The van der Waals surface area contributed by atoms with Crippen molar-refractivity contribution in [3.63, 3.8) is 0 Å². The minimum Gasteiger partial charge on any atom is -0.444 e. The van der Waals surface area contributed by atoms with Gasteiger partial charge in [0, 0.05) is 43.2 Å². The van der Waals surface area contributed by atoms with Gasteiger partial charge in [0.1, 0.15) is 17.2 Å². The number of ether oxygens (including phenoxy) is 2. The second kappa shape index (κ2) is 18.1. The van der Waals surface area contributed by atoms with Crippen molar-refractivity contribution in [1.29, 1.82) is 0 Å². The van der Waals surface area contributed by atoms with E-state index in [-0.39, 0.29) is 24.2 Å². The lowest BCUT2D eigenvalue weighted by atomic mass is 9.81. The van der Waals surface area contributed by atoms with E-state index in [9.17, 15) is 19.2 Å². The van der Waals surface area contributed by atoms with Crippen LogP contribution >= 0.6 is 0 Å². The average molecular weight is 807 g/mol. The normalized spacial score (nSPS) is 16.2. The Hall–Kier alpha value is -6.32. The Balaban J connectivity index is 1.15. The maximum Gasteiger partial charge on any atom is 0.407 e. The zero-order valence-corrected chi connectivity index (χ0v) is 34.5. The second-order valence-corrected chi connectivity index (χ2v) is 17.0. The summed E-state index contributed by atoms with van der Waals surface area (Å²) in [6.07, 6.45) is 3.69. The van der Waals surface area contributed by atoms with Gasteiger partial charge in [-0.25, -0.2) is 14.6 Å². The summed E-state index contributed by atoms with van der Waals surface area (Å²) in [5, 5.41) is 19.8. The van der Waals surface area contributed by atoms with Crippen LogP contribution in [0.2, 0.25) is 0 Å². The zero-order valence-electron chi connectivity index (χ0n) is 34.5. The summed E-state index contributed by atoms with van der Waals surface area (Å²) in [5.41, 5.74) is 10.7. The van der Waals surface area contributed by atoms with Crippen molar-refractivity contribution in [3.8, 4) is 22.5 Å². The Morgan fingerprint density at radius 2 is 1.47 bits per heavy atom. The molecule has 0 bridgehead atoms. The number of nitrogens with one attached hydrogen (secondary N) is 3. The molecule has 1 aliphatic rings. The van der Waals surface area contributed by atoms with E-state index in [0.29, 0.717) is 49.6 Å². The van der Waals surface area contributed by atoms with E-state index in [1.807, 2.05) is 88.6 Å². The van der Waals surface area contributed by atoms with Crippen molar-refractivity contribution in [1.82, 2.24) is 40.8 Å². The molecule has 16 heteroatoms. The first-order chi connectivity index (χ1) is 28.0. The molecule has 59 heavy (non-hydrogen) atoms. The van der Waals surface area contributed by atoms with E-state index < -0.39 is 35.3 Å². The van der Waals surface area contributed by atoms with Crippen LogP contribution in [0.3, 0.4) is 0 Å². The molecule has 1 saturated carbocycles. The SMILES string of the molecule is CC(C)(C)OC(=O)NCCn1cnc2cc(-c3ccc(C[C@@H](C(N)=O)N(c4ccc(-c5nn[nH]n5)cc4)C(=O)[C@H]4CC[C@H](CNC(=O)OC(C)(C)C)CC4)cc3)ccc21. The fourth-order valence-electron chi connectivity index (χ4n) is 7.26. The Kier molecular flexibility index (Phi) is 13.0. The second-order valence-electron chi connectivity index (χ2n) is 17.0. The van der Waals surface area contributed by atoms with Crippen LogP contribution in [0.4, 0.5) is 15.3 Å². The zero-order chi connectivity index (χ0) is 42.3. The number of primary amides is 1. The van der Waals surface area contributed by atoms with Gasteiger partial charge in [-0.05, 0) is 131 Å². The molecule has 2 aromatic heterocycles. The molecule has 1 atom stereocenters. The number of anilines is 1. The molecule has 0 aliphatic heterocycles. The molecule has 5 N–H and O–H groups in total. The van der Waals surface area contributed by atoms with Crippen molar-refractivity contribution in [3.05, 3.63) is 78.6 Å². The molecule has 0 spiro atoms. The monoisotopic (exact) mass is 806 g/mol. The number of tetrazole rings is 1. The molecule has 4 amide bonds. The van der Waals surface area contributed by atoms with E-state index in [4.69, 9.17) is 15.2 Å².